The third-order valence-corrected chi connectivity index (χ3v) is 7.37. The number of fused-ring (bicyclic) bond motifs is 1. The van der Waals surface area contributed by atoms with Crippen LogP contribution in [0.25, 0.3) is 0 Å². The molecule has 150 valence electrons. The van der Waals surface area contributed by atoms with Crippen LogP contribution in [0.2, 0.25) is 0 Å². The molecule has 0 spiro atoms. The predicted molar refractivity (Wildman–Crippen MR) is 109 cm³/mol. The molecule has 28 heavy (non-hydrogen) atoms. The van der Waals surface area contributed by atoms with Crippen molar-refractivity contribution in [2.45, 2.75) is 45.6 Å². The van der Waals surface area contributed by atoms with Crippen molar-refractivity contribution in [2.75, 3.05) is 37.6 Å². The van der Waals surface area contributed by atoms with Crippen molar-refractivity contribution >= 4 is 11.7 Å². The highest BCUT2D eigenvalue weighted by Gasteiger charge is 2.46. The molecule has 3 heterocycles. The molecule has 0 aromatic heterocycles. The van der Waals surface area contributed by atoms with Crippen molar-refractivity contribution in [3.05, 3.63) is 29.8 Å². The van der Waals surface area contributed by atoms with Crippen LogP contribution in [-0.4, -0.2) is 49.7 Å². The second kappa shape index (κ2) is 7.75. The Balaban J connectivity index is 1.28. The topological polar surface area (TPSA) is 56.6 Å². The van der Waals surface area contributed by atoms with Crippen molar-refractivity contribution in [1.82, 2.24) is 4.90 Å². The van der Waals surface area contributed by atoms with Gasteiger partial charge in [0, 0.05) is 39.1 Å². The van der Waals surface area contributed by atoms with E-state index < -0.39 is 0 Å². The molecule has 5 nitrogen and oxygen atoms in total. The first kappa shape index (κ1) is 19.3. The van der Waals surface area contributed by atoms with Crippen LogP contribution in [0.1, 0.15) is 45.1 Å². The van der Waals surface area contributed by atoms with Crippen LogP contribution in [0.3, 0.4) is 0 Å². The van der Waals surface area contributed by atoms with Gasteiger partial charge in [-0.3, -0.25) is 4.79 Å². The first-order chi connectivity index (χ1) is 13.6. The molecule has 1 aromatic carbocycles. The molecule has 1 aromatic rings. The summed E-state index contributed by atoms with van der Waals surface area (Å²) >= 11 is 0. The van der Waals surface area contributed by atoms with Gasteiger partial charge in [0.25, 0.3) is 0 Å². The average molecular weight is 382 g/mol. The van der Waals surface area contributed by atoms with Gasteiger partial charge >= 0.3 is 5.97 Å². The van der Waals surface area contributed by atoms with E-state index in [1.54, 1.807) is 0 Å². The number of carbonyl (C=O) groups excluding carboxylic acids is 1. The van der Waals surface area contributed by atoms with Crippen molar-refractivity contribution in [3.8, 4) is 6.07 Å². The SMILES string of the molecule is CCC1(CC)C[C@@H](CCN2C[C@H]3CN(c4ccccc4C#N)C[C@@H]3C2)OC1=O. The van der Waals surface area contributed by atoms with E-state index >= 15 is 0 Å². The number of ether oxygens (including phenoxy) is 1. The van der Waals surface area contributed by atoms with Crippen molar-refractivity contribution in [1.29, 1.82) is 5.26 Å². The van der Waals surface area contributed by atoms with Gasteiger partial charge < -0.3 is 14.5 Å². The Labute approximate surface area is 168 Å². The third-order valence-electron chi connectivity index (χ3n) is 7.37. The van der Waals surface area contributed by atoms with E-state index in [0.717, 1.165) is 69.7 Å². The zero-order valence-corrected chi connectivity index (χ0v) is 17.1. The molecule has 0 aliphatic carbocycles. The number of benzene rings is 1. The first-order valence-electron chi connectivity index (χ1n) is 10.8. The van der Waals surface area contributed by atoms with Gasteiger partial charge in [-0.2, -0.15) is 5.26 Å². The fourth-order valence-electron chi connectivity index (χ4n) is 5.47. The minimum Gasteiger partial charge on any atom is -0.462 e. The zero-order valence-electron chi connectivity index (χ0n) is 17.1. The molecule has 0 amide bonds. The third kappa shape index (κ3) is 3.39. The lowest BCUT2D eigenvalue weighted by molar-refractivity contribution is -0.149. The molecule has 0 bridgehead atoms. The summed E-state index contributed by atoms with van der Waals surface area (Å²) < 4.78 is 5.71. The van der Waals surface area contributed by atoms with E-state index in [-0.39, 0.29) is 17.5 Å². The molecule has 3 aliphatic rings. The maximum absolute atomic E-state index is 12.3. The Morgan fingerprint density at radius 3 is 2.43 bits per heavy atom. The molecule has 3 saturated heterocycles. The van der Waals surface area contributed by atoms with Gasteiger partial charge in [-0.15, -0.1) is 0 Å². The molecule has 5 heteroatoms. The zero-order chi connectivity index (χ0) is 19.7. The van der Waals surface area contributed by atoms with E-state index in [4.69, 9.17) is 4.74 Å². The summed E-state index contributed by atoms with van der Waals surface area (Å²) in [6, 6.07) is 10.3. The maximum atomic E-state index is 12.3. The summed E-state index contributed by atoms with van der Waals surface area (Å²) in [5.41, 5.74) is 1.62. The van der Waals surface area contributed by atoms with Gasteiger partial charge in [0.2, 0.25) is 0 Å². The lowest BCUT2D eigenvalue weighted by Crippen LogP contribution is -2.31. The number of carbonyl (C=O) groups is 1. The van der Waals surface area contributed by atoms with E-state index in [9.17, 15) is 10.1 Å². The maximum Gasteiger partial charge on any atom is 0.312 e. The van der Waals surface area contributed by atoms with Crippen molar-refractivity contribution in [3.63, 3.8) is 0 Å². The molecule has 0 unspecified atom stereocenters. The van der Waals surface area contributed by atoms with Crippen molar-refractivity contribution < 1.29 is 9.53 Å². The summed E-state index contributed by atoms with van der Waals surface area (Å²) in [4.78, 5) is 17.2. The van der Waals surface area contributed by atoms with E-state index in [1.165, 1.54) is 0 Å². The second-order valence-corrected chi connectivity index (χ2v) is 8.82. The van der Waals surface area contributed by atoms with Gasteiger partial charge in [-0.05, 0) is 43.2 Å². The molecule has 0 N–H and O–H groups in total. The Kier molecular flexibility index (Phi) is 5.33. The van der Waals surface area contributed by atoms with Crippen LogP contribution in [0.15, 0.2) is 24.3 Å². The van der Waals surface area contributed by atoms with Crippen molar-refractivity contribution in [2.24, 2.45) is 17.3 Å². The minimum atomic E-state index is -0.235. The Hall–Kier alpha value is -2.06. The smallest absolute Gasteiger partial charge is 0.312 e. The monoisotopic (exact) mass is 381 g/mol. The van der Waals surface area contributed by atoms with E-state index in [1.807, 2.05) is 18.2 Å². The van der Waals surface area contributed by atoms with Gasteiger partial charge in [0.05, 0.1) is 16.7 Å². The fourth-order valence-corrected chi connectivity index (χ4v) is 5.47. The molecular weight excluding hydrogens is 350 g/mol. The minimum absolute atomic E-state index is 0.0209. The van der Waals surface area contributed by atoms with Crippen LogP contribution in [-0.2, 0) is 9.53 Å². The molecular formula is C23H31N3O2. The number of hydrogen-bond donors (Lipinski definition) is 0. The molecule has 0 saturated carbocycles. The van der Waals surface area contributed by atoms with Gasteiger partial charge in [-0.1, -0.05) is 26.0 Å². The summed E-state index contributed by atoms with van der Waals surface area (Å²) in [5.74, 6) is 1.36. The molecule has 3 atom stereocenters. The molecule has 4 rings (SSSR count). The van der Waals surface area contributed by atoms with Gasteiger partial charge in [0.15, 0.2) is 0 Å². The number of anilines is 1. The first-order valence-corrected chi connectivity index (χ1v) is 10.8. The lowest BCUT2D eigenvalue weighted by atomic mass is 9.79. The van der Waals surface area contributed by atoms with Crippen LogP contribution >= 0.6 is 0 Å². The van der Waals surface area contributed by atoms with Crippen LogP contribution in [0.5, 0.6) is 0 Å². The molecule has 0 radical (unpaired) electrons. The summed E-state index contributed by atoms with van der Waals surface area (Å²) in [7, 11) is 0. The Bertz CT molecular complexity index is 753. The predicted octanol–water partition coefficient (Wildman–Crippen LogP) is 3.44. The summed E-state index contributed by atoms with van der Waals surface area (Å²) in [6.45, 7) is 9.52. The number of esters is 1. The number of rotatable bonds is 6. The van der Waals surface area contributed by atoms with E-state index in [0.29, 0.717) is 11.8 Å². The van der Waals surface area contributed by atoms with Crippen LogP contribution in [0.4, 0.5) is 5.69 Å². The standard InChI is InChI=1S/C23H31N3O2/c1-3-23(4-2)11-20(28-22(23)27)9-10-25-13-18-15-26(16-19(18)14-25)21-8-6-5-7-17(21)12-24/h5-8,18-20H,3-4,9-11,13-16H2,1-2H3/t18-,19-,20+/m0/s1. The Morgan fingerprint density at radius 2 is 1.82 bits per heavy atom. The normalized spacial score (nSPS) is 29.0. The average Bonchev–Trinajstić information content (AvgIpc) is 3.37. The summed E-state index contributed by atoms with van der Waals surface area (Å²) in [6.07, 6.45) is 3.69. The molecule has 3 fully saturated rings. The number of hydrogen-bond acceptors (Lipinski definition) is 5. The number of likely N-dealkylation sites (tertiary alicyclic amines) is 1. The number of nitrogens with zero attached hydrogens (tertiary/aromatic N) is 3. The fraction of sp³-hybridized carbons (Fsp3) is 0.652. The second-order valence-electron chi connectivity index (χ2n) is 8.82. The number of para-hydroxylation sites is 1. The lowest BCUT2D eigenvalue weighted by Gasteiger charge is -2.24. The van der Waals surface area contributed by atoms with Crippen LogP contribution in [0, 0.1) is 28.6 Å². The summed E-state index contributed by atoms with van der Waals surface area (Å²) in [5, 5.41) is 9.37. The quantitative estimate of drug-likeness (QED) is 0.707. The molecule has 3 aliphatic heterocycles. The van der Waals surface area contributed by atoms with Gasteiger partial charge in [-0.25, -0.2) is 0 Å². The highest BCUT2D eigenvalue weighted by atomic mass is 16.6. The van der Waals surface area contributed by atoms with Gasteiger partial charge in [0.1, 0.15) is 12.2 Å². The highest BCUT2D eigenvalue weighted by Crippen LogP contribution is 2.41. The number of nitriles is 1. The highest BCUT2D eigenvalue weighted by molar-refractivity contribution is 5.78. The Morgan fingerprint density at radius 1 is 1.14 bits per heavy atom. The van der Waals surface area contributed by atoms with Crippen LogP contribution < -0.4 is 4.90 Å². The number of cyclic esters (lactones) is 1. The largest absolute Gasteiger partial charge is 0.462 e. The van der Waals surface area contributed by atoms with E-state index in [2.05, 4.69) is 35.8 Å².